The second-order valence-corrected chi connectivity index (χ2v) is 4.18. The van der Waals surface area contributed by atoms with E-state index in [1.807, 2.05) is 0 Å². The molecule has 1 heterocycles. The smallest absolute Gasteiger partial charge is 0.252 e. The third-order valence-electron chi connectivity index (χ3n) is 2.54. The third-order valence-corrected chi connectivity index (χ3v) is 2.54. The van der Waals surface area contributed by atoms with Crippen molar-refractivity contribution in [1.82, 2.24) is 9.80 Å². The van der Waals surface area contributed by atoms with E-state index in [4.69, 9.17) is 4.74 Å². The molecule has 0 saturated carbocycles. The van der Waals surface area contributed by atoms with E-state index >= 15 is 0 Å². The minimum Gasteiger partial charge on any atom is -0.366 e. The number of nitrogens with zero attached hydrogens (tertiary/aromatic N) is 2. The van der Waals surface area contributed by atoms with Crippen LogP contribution in [0.3, 0.4) is 0 Å². The van der Waals surface area contributed by atoms with Crippen molar-refractivity contribution in [3.63, 3.8) is 0 Å². The van der Waals surface area contributed by atoms with E-state index in [2.05, 4.69) is 18.7 Å². The zero-order chi connectivity index (χ0) is 10.7. The molecule has 1 fully saturated rings. The molecule has 0 aromatic rings. The number of rotatable bonds is 2. The van der Waals surface area contributed by atoms with Crippen LogP contribution in [0.2, 0.25) is 0 Å². The maximum Gasteiger partial charge on any atom is 0.252 e. The van der Waals surface area contributed by atoms with Crippen LogP contribution in [0.25, 0.3) is 0 Å². The van der Waals surface area contributed by atoms with E-state index in [0.29, 0.717) is 19.2 Å². The summed E-state index contributed by atoms with van der Waals surface area (Å²) in [5.41, 5.74) is 0. The fourth-order valence-electron chi connectivity index (χ4n) is 1.58. The Morgan fingerprint density at radius 2 is 2.14 bits per heavy atom. The van der Waals surface area contributed by atoms with Gasteiger partial charge in [0.25, 0.3) is 5.91 Å². The Balaban J connectivity index is 2.51. The summed E-state index contributed by atoms with van der Waals surface area (Å²) in [5, 5.41) is 0. The highest BCUT2D eigenvalue weighted by atomic mass is 16.5. The summed E-state index contributed by atoms with van der Waals surface area (Å²) in [4.78, 5) is 15.5. The largest absolute Gasteiger partial charge is 0.366 e. The van der Waals surface area contributed by atoms with E-state index in [9.17, 15) is 4.79 Å². The molecular weight excluding hydrogens is 180 g/mol. The number of likely N-dealkylation sites (N-methyl/N-ethyl adjacent to an activating group) is 1. The van der Waals surface area contributed by atoms with Crippen LogP contribution in [0.1, 0.15) is 13.8 Å². The van der Waals surface area contributed by atoms with E-state index in [1.165, 1.54) is 0 Å². The van der Waals surface area contributed by atoms with Gasteiger partial charge in [-0.3, -0.25) is 9.69 Å². The molecule has 1 atom stereocenters. The summed E-state index contributed by atoms with van der Waals surface area (Å²) in [7, 11) is 3.53. The van der Waals surface area contributed by atoms with Crippen molar-refractivity contribution in [3.05, 3.63) is 0 Å². The van der Waals surface area contributed by atoms with E-state index in [-0.39, 0.29) is 12.0 Å². The number of ether oxygens (including phenoxy) is 1. The standard InChI is InChI=1S/C10H20N2O2/c1-8(2)12-5-6-14-9(7-12)10(13)11(3)4/h8-9H,5-7H2,1-4H3/t9-/m0/s1. The lowest BCUT2D eigenvalue weighted by Crippen LogP contribution is -2.51. The van der Waals surface area contributed by atoms with Gasteiger partial charge in [-0.25, -0.2) is 0 Å². The Bertz CT molecular complexity index is 204. The zero-order valence-electron chi connectivity index (χ0n) is 9.49. The van der Waals surface area contributed by atoms with Crippen molar-refractivity contribution in [3.8, 4) is 0 Å². The predicted octanol–water partition coefficient (Wildman–Crippen LogP) is 0.184. The van der Waals surface area contributed by atoms with Gasteiger partial charge in [-0.05, 0) is 13.8 Å². The second-order valence-electron chi connectivity index (χ2n) is 4.18. The van der Waals surface area contributed by atoms with Gasteiger partial charge in [0.15, 0.2) is 0 Å². The van der Waals surface area contributed by atoms with Crippen LogP contribution in [-0.2, 0) is 9.53 Å². The molecule has 0 bridgehead atoms. The van der Waals surface area contributed by atoms with Gasteiger partial charge >= 0.3 is 0 Å². The number of hydrogen-bond acceptors (Lipinski definition) is 3. The average Bonchev–Trinajstić information content (AvgIpc) is 2.16. The lowest BCUT2D eigenvalue weighted by Gasteiger charge is -2.35. The molecule has 4 heteroatoms. The third kappa shape index (κ3) is 2.69. The summed E-state index contributed by atoms with van der Waals surface area (Å²) in [6.45, 7) is 6.58. The zero-order valence-corrected chi connectivity index (χ0v) is 9.49. The molecule has 0 radical (unpaired) electrons. The molecule has 1 aliphatic heterocycles. The molecule has 0 spiro atoms. The van der Waals surface area contributed by atoms with Gasteiger partial charge in [0.05, 0.1) is 6.61 Å². The first-order valence-electron chi connectivity index (χ1n) is 5.09. The van der Waals surface area contributed by atoms with Crippen LogP contribution in [0, 0.1) is 0 Å². The fraction of sp³-hybridized carbons (Fsp3) is 0.900. The van der Waals surface area contributed by atoms with Crippen molar-refractivity contribution in [2.45, 2.75) is 26.0 Å². The molecule has 1 aliphatic rings. The summed E-state index contributed by atoms with van der Waals surface area (Å²) in [6, 6.07) is 0.483. The lowest BCUT2D eigenvalue weighted by molar-refractivity contribution is -0.147. The second kappa shape index (κ2) is 4.75. The number of carbonyl (C=O) groups is 1. The SMILES string of the molecule is CC(C)N1CCO[C@H](C(=O)N(C)C)C1. The Kier molecular flexibility index (Phi) is 3.89. The Hall–Kier alpha value is -0.610. The average molecular weight is 200 g/mol. The summed E-state index contributed by atoms with van der Waals surface area (Å²) in [5.74, 6) is 0.0651. The first-order chi connectivity index (χ1) is 6.52. The van der Waals surface area contributed by atoms with Crippen molar-refractivity contribution >= 4 is 5.91 Å². The minimum atomic E-state index is -0.277. The molecule has 0 N–H and O–H groups in total. The monoisotopic (exact) mass is 200 g/mol. The highest BCUT2D eigenvalue weighted by molar-refractivity contribution is 5.80. The Morgan fingerprint density at radius 1 is 1.50 bits per heavy atom. The molecule has 1 saturated heterocycles. The van der Waals surface area contributed by atoms with Crippen LogP contribution in [-0.4, -0.2) is 61.6 Å². The lowest BCUT2D eigenvalue weighted by atomic mass is 10.2. The van der Waals surface area contributed by atoms with Gasteiger partial charge < -0.3 is 9.64 Å². The molecule has 14 heavy (non-hydrogen) atoms. The predicted molar refractivity (Wildman–Crippen MR) is 55.1 cm³/mol. The molecule has 1 rings (SSSR count). The van der Waals surface area contributed by atoms with Crippen molar-refractivity contribution in [1.29, 1.82) is 0 Å². The van der Waals surface area contributed by atoms with Crippen LogP contribution in [0.4, 0.5) is 0 Å². The van der Waals surface area contributed by atoms with Gasteiger partial charge in [-0.2, -0.15) is 0 Å². The van der Waals surface area contributed by atoms with E-state index in [0.717, 1.165) is 6.54 Å². The minimum absolute atomic E-state index is 0.0651. The van der Waals surface area contributed by atoms with Crippen LogP contribution >= 0.6 is 0 Å². The van der Waals surface area contributed by atoms with Gasteiger partial charge in [-0.1, -0.05) is 0 Å². The summed E-state index contributed by atoms with van der Waals surface area (Å²) >= 11 is 0. The topological polar surface area (TPSA) is 32.8 Å². The number of morpholine rings is 1. The van der Waals surface area contributed by atoms with Crippen molar-refractivity contribution in [2.75, 3.05) is 33.8 Å². The summed E-state index contributed by atoms with van der Waals surface area (Å²) < 4.78 is 5.45. The maximum absolute atomic E-state index is 11.6. The maximum atomic E-state index is 11.6. The van der Waals surface area contributed by atoms with E-state index < -0.39 is 0 Å². The molecule has 4 nitrogen and oxygen atoms in total. The van der Waals surface area contributed by atoms with Crippen molar-refractivity contribution in [2.24, 2.45) is 0 Å². The molecule has 1 amide bonds. The fourth-order valence-corrected chi connectivity index (χ4v) is 1.58. The molecular formula is C10H20N2O2. The molecule has 0 aromatic carbocycles. The molecule has 0 aliphatic carbocycles. The summed E-state index contributed by atoms with van der Waals surface area (Å²) in [6.07, 6.45) is -0.277. The Morgan fingerprint density at radius 3 is 2.64 bits per heavy atom. The van der Waals surface area contributed by atoms with Crippen LogP contribution in [0.5, 0.6) is 0 Å². The highest BCUT2D eigenvalue weighted by Gasteiger charge is 2.28. The molecule has 0 aromatic heterocycles. The molecule has 0 unspecified atom stereocenters. The van der Waals surface area contributed by atoms with Crippen LogP contribution < -0.4 is 0 Å². The number of carbonyl (C=O) groups excluding carboxylic acids is 1. The highest BCUT2D eigenvalue weighted by Crippen LogP contribution is 2.09. The number of hydrogen-bond donors (Lipinski definition) is 0. The molecule has 82 valence electrons. The normalized spacial score (nSPS) is 23.9. The van der Waals surface area contributed by atoms with Gasteiger partial charge in [0.2, 0.25) is 0 Å². The van der Waals surface area contributed by atoms with Gasteiger partial charge in [0.1, 0.15) is 6.10 Å². The van der Waals surface area contributed by atoms with E-state index in [1.54, 1.807) is 19.0 Å². The first-order valence-corrected chi connectivity index (χ1v) is 5.09. The first kappa shape index (κ1) is 11.5. The van der Waals surface area contributed by atoms with Gasteiger partial charge in [0, 0.05) is 33.2 Å². The van der Waals surface area contributed by atoms with Gasteiger partial charge in [-0.15, -0.1) is 0 Å². The Labute approximate surface area is 85.8 Å². The number of amides is 1. The quantitative estimate of drug-likeness (QED) is 0.637. The van der Waals surface area contributed by atoms with Crippen LogP contribution in [0.15, 0.2) is 0 Å². The van der Waals surface area contributed by atoms with Crippen molar-refractivity contribution < 1.29 is 9.53 Å².